The number of carbonyl (C=O) groups excluding carboxylic acids is 2. The Kier molecular flexibility index (Phi) is 5.11. The van der Waals surface area contributed by atoms with Crippen LogP contribution < -0.4 is 4.74 Å². The molecule has 0 spiro atoms. The predicted molar refractivity (Wildman–Crippen MR) is 109 cm³/mol. The summed E-state index contributed by atoms with van der Waals surface area (Å²) in [6, 6.07) is 16.0. The summed E-state index contributed by atoms with van der Waals surface area (Å²) in [5.74, 6) is 0.774. The molecule has 0 aromatic heterocycles. The molecule has 2 unspecified atom stereocenters. The Morgan fingerprint density at radius 1 is 0.885 bits per heavy atom. The Hall–Kier alpha value is -1.69. The molecule has 2 bridgehead atoms. The quantitative estimate of drug-likeness (QED) is 0.357. The molecule has 3 nitrogen and oxygen atoms in total. The van der Waals surface area contributed by atoms with Crippen molar-refractivity contribution in [3.8, 4) is 16.9 Å². The molecule has 2 fully saturated rings. The molecular weight excluding hydrogens is 439 g/mol. The molecule has 0 saturated heterocycles. The molecule has 2 aliphatic carbocycles. The zero-order valence-corrected chi connectivity index (χ0v) is 16.6. The summed E-state index contributed by atoms with van der Waals surface area (Å²) in [5, 5.41) is 0. The highest BCUT2D eigenvalue weighted by Crippen LogP contribution is 2.40. The Bertz CT molecular complexity index is 794. The molecule has 2 atom stereocenters. The number of hydrogen-bond donors (Lipinski definition) is 0. The van der Waals surface area contributed by atoms with Gasteiger partial charge in [-0.05, 0) is 83.7 Å². The smallest absolute Gasteiger partial charge is 0.314 e. The van der Waals surface area contributed by atoms with E-state index >= 15 is 0 Å². The van der Waals surface area contributed by atoms with E-state index in [1.54, 1.807) is 0 Å². The lowest BCUT2D eigenvalue weighted by molar-refractivity contribution is -0.145. The number of ether oxygens (including phenoxy) is 1. The third-order valence-electron chi connectivity index (χ3n) is 5.63. The number of halogens is 1. The van der Waals surface area contributed by atoms with Crippen LogP contribution in [0.5, 0.6) is 5.75 Å². The number of carbonyl (C=O) groups is 2. The largest absolute Gasteiger partial charge is 0.426 e. The Labute approximate surface area is 167 Å². The van der Waals surface area contributed by atoms with Gasteiger partial charge >= 0.3 is 5.97 Å². The molecule has 0 aliphatic heterocycles. The highest BCUT2D eigenvalue weighted by molar-refractivity contribution is 14.1. The summed E-state index contributed by atoms with van der Waals surface area (Å²) >= 11 is 2.29. The van der Waals surface area contributed by atoms with Crippen LogP contribution >= 0.6 is 22.6 Å². The molecule has 0 amide bonds. The first-order valence-corrected chi connectivity index (χ1v) is 10.3. The summed E-state index contributed by atoms with van der Waals surface area (Å²) in [7, 11) is 0. The molecule has 4 rings (SSSR count). The summed E-state index contributed by atoms with van der Waals surface area (Å²) < 4.78 is 6.81. The lowest BCUT2D eigenvalue weighted by Gasteiger charge is -2.36. The van der Waals surface area contributed by atoms with E-state index in [-0.39, 0.29) is 23.7 Å². The molecule has 2 aromatic rings. The van der Waals surface area contributed by atoms with Gasteiger partial charge in [-0.1, -0.05) is 30.7 Å². The highest BCUT2D eigenvalue weighted by atomic mass is 127. The summed E-state index contributed by atoms with van der Waals surface area (Å²) in [5.41, 5.74) is 2.24. The van der Waals surface area contributed by atoms with Gasteiger partial charge in [0.15, 0.2) is 0 Å². The SMILES string of the molecule is O=C(Oc1ccc(-c2ccc(I)cc2)cc1)C1CC2CCCC(C1)C2=O. The van der Waals surface area contributed by atoms with Gasteiger partial charge in [0.2, 0.25) is 0 Å². The molecular formula is C22H21IO3. The van der Waals surface area contributed by atoms with Crippen LogP contribution in [0.2, 0.25) is 0 Å². The number of benzene rings is 2. The van der Waals surface area contributed by atoms with E-state index in [0.717, 1.165) is 30.4 Å². The minimum Gasteiger partial charge on any atom is -0.426 e. The molecule has 26 heavy (non-hydrogen) atoms. The van der Waals surface area contributed by atoms with Crippen molar-refractivity contribution in [1.82, 2.24) is 0 Å². The summed E-state index contributed by atoms with van der Waals surface area (Å²) in [4.78, 5) is 24.7. The number of rotatable bonds is 3. The molecule has 0 N–H and O–H groups in total. The van der Waals surface area contributed by atoms with Crippen molar-refractivity contribution in [2.75, 3.05) is 0 Å². The topological polar surface area (TPSA) is 43.4 Å². The van der Waals surface area contributed by atoms with E-state index in [1.165, 1.54) is 3.57 Å². The van der Waals surface area contributed by atoms with Gasteiger partial charge < -0.3 is 4.74 Å². The fraction of sp³-hybridized carbons (Fsp3) is 0.364. The van der Waals surface area contributed by atoms with Crippen LogP contribution in [0.15, 0.2) is 48.5 Å². The first kappa shape index (κ1) is 17.7. The van der Waals surface area contributed by atoms with Gasteiger partial charge in [0.25, 0.3) is 0 Å². The number of esters is 1. The fourth-order valence-corrected chi connectivity index (χ4v) is 4.59. The average Bonchev–Trinajstić information content (AvgIpc) is 2.63. The van der Waals surface area contributed by atoms with E-state index < -0.39 is 0 Å². The van der Waals surface area contributed by atoms with Gasteiger partial charge in [-0.25, -0.2) is 0 Å². The Morgan fingerprint density at radius 2 is 1.42 bits per heavy atom. The molecule has 0 radical (unpaired) electrons. The first-order valence-electron chi connectivity index (χ1n) is 9.21. The number of hydrogen-bond acceptors (Lipinski definition) is 3. The van der Waals surface area contributed by atoms with Crippen molar-refractivity contribution in [2.24, 2.45) is 17.8 Å². The van der Waals surface area contributed by atoms with Crippen molar-refractivity contribution >= 4 is 34.3 Å². The van der Waals surface area contributed by atoms with Crippen molar-refractivity contribution < 1.29 is 14.3 Å². The van der Waals surface area contributed by atoms with Crippen molar-refractivity contribution in [1.29, 1.82) is 0 Å². The highest BCUT2D eigenvalue weighted by Gasteiger charge is 2.41. The average molecular weight is 460 g/mol. The Morgan fingerprint density at radius 3 is 2.00 bits per heavy atom. The standard InChI is InChI=1S/C22H21IO3/c23-19-8-4-14(5-9-19)15-6-10-20(11-7-15)26-22(25)18-12-16-2-1-3-17(13-18)21(16)24/h4-11,16-18H,1-3,12-13H2. The fourth-order valence-electron chi connectivity index (χ4n) is 4.23. The second-order valence-corrected chi connectivity index (χ2v) is 8.59. The normalized spacial score (nSPS) is 25.0. The van der Waals surface area contributed by atoms with Crippen molar-refractivity contribution in [3.63, 3.8) is 0 Å². The van der Waals surface area contributed by atoms with Crippen LogP contribution in [-0.4, -0.2) is 11.8 Å². The van der Waals surface area contributed by atoms with Crippen LogP contribution in [0, 0.1) is 21.3 Å². The first-order chi connectivity index (χ1) is 12.6. The van der Waals surface area contributed by atoms with Crippen LogP contribution in [0.3, 0.4) is 0 Å². The lowest BCUT2D eigenvalue weighted by Crippen LogP contribution is -2.40. The van der Waals surface area contributed by atoms with Crippen molar-refractivity contribution in [3.05, 3.63) is 52.1 Å². The monoisotopic (exact) mass is 460 g/mol. The maximum absolute atomic E-state index is 12.6. The zero-order valence-electron chi connectivity index (χ0n) is 14.5. The van der Waals surface area contributed by atoms with Crippen LogP contribution in [0.25, 0.3) is 11.1 Å². The van der Waals surface area contributed by atoms with Gasteiger partial charge in [0.05, 0.1) is 5.92 Å². The second-order valence-electron chi connectivity index (χ2n) is 7.35. The Balaban J connectivity index is 1.42. The predicted octanol–water partition coefficient (Wildman–Crippen LogP) is 5.26. The maximum atomic E-state index is 12.6. The minimum absolute atomic E-state index is 0.0725. The lowest BCUT2D eigenvalue weighted by atomic mass is 9.67. The van der Waals surface area contributed by atoms with E-state index in [9.17, 15) is 9.59 Å². The zero-order chi connectivity index (χ0) is 18.1. The van der Waals surface area contributed by atoms with E-state index in [0.29, 0.717) is 24.4 Å². The van der Waals surface area contributed by atoms with Gasteiger partial charge in [-0.3, -0.25) is 9.59 Å². The van der Waals surface area contributed by atoms with Crippen LogP contribution in [0.4, 0.5) is 0 Å². The molecule has 2 aromatic carbocycles. The van der Waals surface area contributed by atoms with Gasteiger partial charge in [-0.15, -0.1) is 0 Å². The third kappa shape index (κ3) is 3.70. The van der Waals surface area contributed by atoms with Gasteiger partial charge in [-0.2, -0.15) is 0 Å². The molecule has 134 valence electrons. The molecule has 4 heteroatoms. The van der Waals surface area contributed by atoms with Crippen LogP contribution in [-0.2, 0) is 9.59 Å². The molecule has 2 aliphatic rings. The van der Waals surface area contributed by atoms with E-state index in [1.807, 2.05) is 24.3 Å². The van der Waals surface area contributed by atoms with Gasteiger partial charge in [0.1, 0.15) is 11.5 Å². The van der Waals surface area contributed by atoms with Crippen molar-refractivity contribution in [2.45, 2.75) is 32.1 Å². The second kappa shape index (κ2) is 7.51. The minimum atomic E-state index is -0.184. The van der Waals surface area contributed by atoms with Gasteiger partial charge in [0, 0.05) is 15.4 Å². The number of ketones is 1. The number of Topliss-reactive ketones (excluding diaryl/α,β-unsaturated/α-hetero) is 1. The summed E-state index contributed by atoms with van der Waals surface area (Å²) in [6.45, 7) is 0. The van der Waals surface area contributed by atoms with Crippen LogP contribution in [0.1, 0.15) is 32.1 Å². The molecule has 2 saturated carbocycles. The van der Waals surface area contributed by atoms with E-state index in [4.69, 9.17) is 4.74 Å². The molecule has 0 heterocycles. The summed E-state index contributed by atoms with van der Waals surface area (Å²) in [6.07, 6.45) is 4.31. The number of fused-ring (bicyclic) bond motifs is 2. The third-order valence-corrected chi connectivity index (χ3v) is 6.35. The maximum Gasteiger partial charge on any atom is 0.314 e. The van der Waals surface area contributed by atoms with E-state index in [2.05, 4.69) is 46.9 Å².